The van der Waals surface area contributed by atoms with Crippen LogP contribution in [0.2, 0.25) is 0 Å². The van der Waals surface area contributed by atoms with Crippen molar-refractivity contribution in [2.45, 2.75) is 45.1 Å². The Kier molecular flexibility index (Phi) is 4.10. The van der Waals surface area contributed by atoms with E-state index in [1.54, 1.807) is 24.3 Å². The molecule has 0 saturated heterocycles. The van der Waals surface area contributed by atoms with Crippen LogP contribution in [0, 0.1) is 0 Å². The van der Waals surface area contributed by atoms with Crippen molar-refractivity contribution in [3.8, 4) is 10.6 Å². The first kappa shape index (κ1) is 15.9. The molecular weight excluding hydrogens is 310 g/mol. The second-order valence-electron chi connectivity index (χ2n) is 6.76. The van der Waals surface area contributed by atoms with Gasteiger partial charge in [0.05, 0.1) is 5.69 Å². The van der Waals surface area contributed by atoms with Crippen molar-refractivity contribution in [2.75, 3.05) is 11.9 Å². The van der Waals surface area contributed by atoms with E-state index in [9.17, 15) is 4.79 Å². The van der Waals surface area contributed by atoms with E-state index < -0.39 is 5.60 Å². The minimum atomic E-state index is -0.512. The van der Waals surface area contributed by atoms with Crippen LogP contribution in [0.1, 0.15) is 45.2 Å². The first-order chi connectivity index (χ1) is 10.8. The Hall–Kier alpha value is -1.95. The van der Waals surface area contributed by atoms with Gasteiger partial charge in [-0.05, 0) is 45.7 Å². The highest BCUT2D eigenvalue weighted by Gasteiger charge is 2.33. The largest absolute Gasteiger partial charge is 0.443 e. The normalized spacial score (nSPS) is 14.6. The summed E-state index contributed by atoms with van der Waals surface area (Å²) in [6.45, 7) is 5.61. The number of hydrogen-bond donors (Lipinski definition) is 0. The SMILES string of the molecule is CN(C(=O)OC(C)(C)C)c1sc(-c2cccnc2)nc1C1CC1. The van der Waals surface area contributed by atoms with Gasteiger partial charge in [-0.1, -0.05) is 11.3 Å². The van der Waals surface area contributed by atoms with Crippen LogP contribution in [0.4, 0.5) is 9.80 Å². The van der Waals surface area contributed by atoms with Gasteiger partial charge in [0.15, 0.2) is 0 Å². The molecular formula is C17H21N3O2S. The predicted molar refractivity (Wildman–Crippen MR) is 92.0 cm³/mol. The zero-order valence-corrected chi connectivity index (χ0v) is 14.7. The minimum absolute atomic E-state index is 0.346. The number of rotatable bonds is 3. The standard InChI is InChI=1S/C17H21N3O2S/c1-17(2,3)22-16(21)20(4)15-13(11-7-8-11)19-14(23-15)12-6-5-9-18-10-12/h5-6,9-11H,7-8H2,1-4H3. The van der Waals surface area contributed by atoms with Crippen molar-refractivity contribution in [3.63, 3.8) is 0 Å². The number of pyridine rings is 1. The zero-order valence-electron chi connectivity index (χ0n) is 13.9. The highest BCUT2D eigenvalue weighted by molar-refractivity contribution is 7.19. The van der Waals surface area contributed by atoms with Gasteiger partial charge >= 0.3 is 6.09 Å². The molecule has 1 fully saturated rings. The molecule has 2 aromatic rings. The Bertz CT molecular complexity index is 702. The molecule has 0 bridgehead atoms. The molecule has 1 aliphatic carbocycles. The minimum Gasteiger partial charge on any atom is -0.443 e. The third-order valence-electron chi connectivity index (χ3n) is 3.48. The summed E-state index contributed by atoms with van der Waals surface area (Å²) < 4.78 is 5.48. The number of nitrogens with zero attached hydrogens (tertiary/aromatic N) is 3. The summed E-state index contributed by atoms with van der Waals surface area (Å²) in [5.41, 5.74) is 1.47. The number of hydrogen-bond acceptors (Lipinski definition) is 5. The van der Waals surface area contributed by atoms with Gasteiger partial charge in [0.2, 0.25) is 0 Å². The van der Waals surface area contributed by atoms with Crippen LogP contribution < -0.4 is 4.90 Å². The molecule has 0 N–H and O–H groups in total. The molecule has 1 aliphatic rings. The fraction of sp³-hybridized carbons (Fsp3) is 0.471. The number of ether oxygens (including phenoxy) is 1. The summed E-state index contributed by atoms with van der Waals surface area (Å²) in [4.78, 5) is 22.9. The van der Waals surface area contributed by atoms with E-state index in [0.717, 1.165) is 34.1 Å². The second kappa shape index (κ2) is 5.92. The quantitative estimate of drug-likeness (QED) is 0.833. The van der Waals surface area contributed by atoms with Crippen LogP contribution >= 0.6 is 11.3 Å². The number of aromatic nitrogens is 2. The molecule has 6 heteroatoms. The molecule has 5 nitrogen and oxygen atoms in total. The Morgan fingerprint density at radius 2 is 2.13 bits per heavy atom. The highest BCUT2D eigenvalue weighted by atomic mass is 32.1. The van der Waals surface area contributed by atoms with Crippen LogP contribution in [0.15, 0.2) is 24.5 Å². The molecule has 23 heavy (non-hydrogen) atoms. The molecule has 0 aromatic carbocycles. The van der Waals surface area contributed by atoms with E-state index >= 15 is 0 Å². The van der Waals surface area contributed by atoms with Gasteiger partial charge in [0.1, 0.15) is 15.6 Å². The van der Waals surface area contributed by atoms with Gasteiger partial charge in [0, 0.05) is 30.9 Å². The van der Waals surface area contributed by atoms with Gasteiger partial charge in [-0.3, -0.25) is 9.88 Å². The Labute approximate surface area is 140 Å². The Morgan fingerprint density at radius 1 is 1.39 bits per heavy atom. The monoisotopic (exact) mass is 331 g/mol. The van der Waals surface area contributed by atoms with Crippen molar-refractivity contribution in [1.82, 2.24) is 9.97 Å². The lowest BCUT2D eigenvalue weighted by molar-refractivity contribution is 0.0590. The number of carbonyl (C=O) groups is 1. The van der Waals surface area contributed by atoms with E-state index in [1.807, 2.05) is 32.9 Å². The lowest BCUT2D eigenvalue weighted by Crippen LogP contribution is -2.34. The first-order valence-electron chi connectivity index (χ1n) is 7.73. The summed E-state index contributed by atoms with van der Waals surface area (Å²) in [6, 6.07) is 3.88. The highest BCUT2D eigenvalue weighted by Crippen LogP contribution is 2.47. The van der Waals surface area contributed by atoms with Crippen molar-refractivity contribution in [1.29, 1.82) is 0 Å². The van der Waals surface area contributed by atoms with E-state index in [0.29, 0.717) is 5.92 Å². The van der Waals surface area contributed by atoms with E-state index in [2.05, 4.69) is 4.98 Å². The molecule has 2 heterocycles. The van der Waals surface area contributed by atoms with Crippen molar-refractivity contribution in [3.05, 3.63) is 30.2 Å². The van der Waals surface area contributed by atoms with Crippen molar-refractivity contribution < 1.29 is 9.53 Å². The number of anilines is 1. The molecule has 1 amide bonds. The lowest BCUT2D eigenvalue weighted by atomic mass is 10.2. The maximum absolute atomic E-state index is 12.4. The summed E-state index contributed by atoms with van der Waals surface area (Å²) in [6.07, 6.45) is 5.46. The summed E-state index contributed by atoms with van der Waals surface area (Å²) in [5.74, 6) is 0.455. The topological polar surface area (TPSA) is 55.3 Å². The van der Waals surface area contributed by atoms with Gasteiger partial charge in [-0.25, -0.2) is 9.78 Å². The van der Waals surface area contributed by atoms with Gasteiger partial charge in [-0.2, -0.15) is 0 Å². The fourth-order valence-corrected chi connectivity index (χ4v) is 3.31. The number of carbonyl (C=O) groups excluding carboxylic acids is 1. The molecule has 0 aliphatic heterocycles. The van der Waals surface area contributed by atoms with Gasteiger partial charge in [0.25, 0.3) is 0 Å². The Morgan fingerprint density at radius 3 is 2.70 bits per heavy atom. The zero-order chi connectivity index (χ0) is 16.6. The van der Waals surface area contributed by atoms with Crippen LogP contribution in [0.5, 0.6) is 0 Å². The third-order valence-corrected chi connectivity index (χ3v) is 4.68. The average molecular weight is 331 g/mol. The summed E-state index contributed by atoms with van der Waals surface area (Å²) >= 11 is 1.52. The lowest BCUT2D eigenvalue weighted by Gasteiger charge is -2.24. The van der Waals surface area contributed by atoms with Crippen LogP contribution in [0.3, 0.4) is 0 Å². The molecule has 0 radical (unpaired) electrons. The van der Waals surface area contributed by atoms with Crippen LogP contribution in [-0.4, -0.2) is 28.7 Å². The molecule has 0 unspecified atom stereocenters. The van der Waals surface area contributed by atoms with Crippen molar-refractivity contribution >= 4 is 22.4 Å². The molecule has 1 saturated carbocycles. The maximum atomic E-state index is 12.4. The van der Waals surface area contributed by atoms with E-state index in [4.69, 9.17) is 9.72 Å². The molecule has 0 atom stereocenters. The second-order valence-corrected chi connectivity index (χ2v) is 7.74. The predicted octanol–water partition coefficient (Wildman–Crippen LogP) is 4.45. The third kappa shape index (κ3) is 3.69. The van der Waals surface area contributed by atoms with Crippen LogP contribution in [0.25, 0.3) is 10.6 Å². The smallest absolute Gasteiger partial charge is 0.415 e. The Balaban J connectivity index is 1.92. The molecule has 3 rings (SSSR count). The molecule has 2 aromatic heterocycles. The van der Waals surface area contributed by atoms with Crippen molar-refractivity contribution in [2.24, 2.45) is 0 Å². The van der Waals surface area contributed by atoms with E-state index in [1.165, 1.54) is 11.3 Å². The number of thiazole rings is 1. The molecule has 0 spiro atoms. The summed E-state index contributed by atoms with van der Waals surface area (Å²) in [7, 11) is 1.75. The fourth-order valence-electron chi connectivity index (χ4n) is 2.21. The summed E-state index contributed by atoms with van der Waals surface area (Å²) in [5, 5.41) is 1.77. The maximum Gasteiger partial charge on any atom is 0.415 e. The van der Waals surface area contributed by atoms with E-state index in [-0.39, 0.29) is 6.09 Å². The van der Waals surface area contributed by atoms with Crippen LogP contribution in [-0.2, 0) is 4.74 Å². The number of amides is 1. The average Bonchev–Trinajstić information content (AvgIpc) is 3.24. The first-order valence-corrected chi connectivity index (χ1v) is 8.54. The van der Waals surface area contributed by atoms with Gasteiger partial charge in [-0.15, -0.1) is 0 Å². The molecule has 122 valence electrons. The van der Waals surface area contributed by atoms with Gasteiger partial charge < -0.3 is 4.74 Å².